The average Bonchev–Trinajstić information content (AvgIpc) is 3.54. The summed E-state index contributed by atoms with van der Waals surface area (Å²) in [6, 6.07) is 11.6. The number of rotatable bonds is 10. The maximum atomic E-state index is 13.5. The van der Waals surface area contributed by atoms with Gasteiger partial charge in [-0.1, -0.05) is 43.7 Å². The number of hydrogen-bond donors (Lipinski definition) is 2. The fourth-order valence-corrected chi connectivity index (χ4v) is 5.76. The summed E-state index contributed by atoms with van der Waals surface area (Å²) >= 11 is 0. The lowest BCUT2D eigenvalue weighted by atomic mass is 10.1. The van der Waals surface area contributed by atoms with Gasteiger partial charge in [-0.25, -0.2) is 14.8 Å². The van der Waals surface area contributed by atoms with Gasteiger partial charge in [0, 0.05) is 50.9 Å². The highest BCUT2D eigenvalue weighted by Crippen LogP contribution is 2.52. The normalized spacial score (nSPS) is 21.4. The molecule has 3 fully saturated rings. The van der Waals surface area contributed by atoms with E-state index in [4.69, 9.17) is 4.74 Å². The van der Waals surface area contributed by atoms with Crippen LogP contribution in [-0.4, -0.2) is 101 Å². The molecule has 2 unspecified atom stereocenters. The Labute approximate surface area is 249 Å². The van der Waals surface area contributed by atoms with Gasteiger partial charge in [0.25, 0.3) is 5.91 Å². The second kappa shape index (κ2) is 13.1. The molecule has 3 amide bonds. The molecule has 0 bridgehead atoms. The number of piperazine rings is 1. The summed E-state index contributed by atoms with van der Waals surface area (Å²) < 4.78 is 5.26. The number of anilines is 1. The van der Waals surface area contributed by atoms with Gasteiger partial charge in [0.1, 0.15) is 17.6 Å². The third-order valence-electron chi connectivity index (χ3n) is 8.25. The molecule has 2 aliphatic heterocycles. The number of ether oxygens (including phenoxy) is 1. The zero-order valence-corrected chi connectivity index (χ0v) is 24.0. The standard InChI is InChI=1S/C30H35N7O6/c1-2-3-15-43-30(42)36-13-11-35(12-14-36)28(39)22(9-10-31)33-27(38)23-16-24(34-26(32-23)19-7-5-4-6-8-19)37-17-20-21(18-37)25(20)29(40)41/h4-8,16,20-22,25H,2-3,9,11-15,17-18H2,1H3,(H,33,38)(H,40,41)/t20?,21?,22-,25?/m0/s1. The van der Waals surface area contributed by atoms with E-state index >= 15 is 0 Å². The van der Waals surface area contributed by atoms with Crippen LogP contribution in [0.2, 0.25) is 0 Å². The predicted molar refractivity (Wildman–Crippen MR) is 154 cm³/mol. The first kappa shape index (κ1) is 29.8. The summed E-state index contributed by atoms with van der Waals surface area (Å²) in [6.45, 7) is 4.48. The predicted octanol–water partition coefficient (Wildman–Crippen LogP) is 2.00. The van der Waals surface area contributed by atoms with Crippen molar-refractivity contribution in [1.29, 1.82) is 5.26 Å². The fourth-order valence-electron chi connectivity index (χ4n) is 5.76. The second-order valence-corrected chi connectivity index (χ2v) is 11.1. The highest BCUT2D eigenvalue weighted by atomic mass is 16.6. The van der Waals surface area contributed by atoms with Crippen LogP contribution in [0.1, 0.15) is 36.7 Å². The lowest BCUT2D eigenvalue weighted by Crippen LogP contribution is -2.56. The number of carboxylic acid groups (broad SMARTS) is 1. The van der Waals surface area contributed by atoms with E-state index in [1.54, 1.807) is 11.0 Å². The van der Waals surface area contributed by atoms with Gasteiger partial charge >= 0.3 is 12.1 Å². The van der Waals surface area contributed by atoms with Gasteiger partial charge in [-0.2, -0.15) is 5.26 Å². The van der Waals surface area contributed by atoms with E-state index in [1.807, 2.05) is 48.2 Å². The molecule has 3 atom stereocenters. The van der Waals surface area contributed by atoms with Gasteiger partial charge in [-0.15, -0.1) is 0 Å². The molecular formula is C30H35N7O6. The fraction of sp³-hybridized carbons (Fsp3) is 0.500. The van der Waals surface area contributed by atoms with E-state index in [0.717, 1.165) is 12.8 Å². The van der Waals surface area contributed by atoms with E-state index in [2.05, 4.69) is 15.3 Å². The first-order valence-corrected chi connectivity index (χ1v) is 14.6. The lowest BCUT2D eigenvalue weighted by Gasteiger charge is -2.35. The molecule has 43 heavy (non-hydrogen) atoms. The van der Waals surface area contributed by atoms with Crippen LogP contribution in [-0.2, 0) is 14.3 Å². The van der Waals surface area contributed by atoms with Crippen molar-refractivity contribution in [3.8, 4) is 17.5 Å². The van der Waals surface area contributed by atoms with Crippen molar-refractivity contribution in [3.63, 3.8) is 0 Å². The van der Waals surface area contributed by atoms with Crippen LogP contribution in [0.5, 0.6) is 0 Å². The molecule has 3 heterocycles. The molecule has 13 nitrogen and oxygen atoms in total. The van der Waals surface area contributed by atoms with Crippen LogP contribution in [0.15, 0.2) is 36.4 Å². The van der Waals surface area contributed by atoms with Crippen LogP contribution < -0.4 is 10.2 Å². The largest absolute Gasteiger partial charge is 0.481 e. The third-order valence-corrected chi connectivity index (χ3v) is 8.25. The van der Waals surface area contributed by atoms with Crippen LogP contribution >= 0.6 is 0 Å². The van der Waals surface area contributed by atoms with Crippen molar-refractivity contribution in [3.05, 3.63) is 42.1 Å². The number of aliphatic carboxylic acids is 1. The van der Waals surface area contributed by atoms with Crippen LogP contribution in [0.4, 0.5) is 10.6 Å². The third kappa shape index (κ3) is 6.69. The Hall–Kier alpha value is -4.73. The number of fused-ring (bicyclic) bond motifs is 1. The smallest absolute Gasteiger partial charge is 0.409 e. The summed E-state index contributed by atoms with van der Waals surface area (Å²) in [5, 5.41) is 21.5. The molecule has 1 aliphatic carbocycles. The van der Waals surface area contributed by atoms with Gasteiger partial charge in [0.2, 0.25) is 5.91 Å². The van der Waals surface area contributed by atoms with E-state index < -0.39 is 29.9 Å². The number of carbonyl (C=O) groups excluding carboxylic acids is 3. The van der Waals surface area contributed by atoms with Gasteiger partial charge in [0.15, 0.2) is 5.82 Å². The quantitative estimate of drug-likeness (QED) is 0.391. The first-order chi connectivity index (χ1) is 20.8. The van der Waals surface area contributed by atoms with Crippen LogP contribution in [0.25, 0.3) is 11.4 Å². The zero-order chi connectivity index (χ0) is 30.5. The summed E-state index contributed by atoms with van der Waals surface area (Å²) in [4.78, 5) is 64.8. The number of aromatic nitrogens is 2. The molecule has 13 heteroatoms. The number of unbranched alkanes of at least 4 members (excludes halogenated alkanes) is 1. The van der Waals surface area contributed by atoms with Gasteiger partial charge in [-0.3, -0.25) is 14.4 Å². The number of hydrogen-bond acceptors (Lipinski definition) is 9. The summed E-state index contributed by atoms with van der Waals surface area (Å²) in [7, 11) is 0. The molecule has 2 aromatic rings. The van der Waals surface area contributed by atoms with E-state index in [0.29, 0.717) is 50.0 Å². The Kier molecular flexibility index (Phi) is 9.04. The maximum absolute atomic E-state index is 13.5. The minimum atomic E-state index is -1.10. The van der Waals surface area contributed by atoms with Crippen molar-refractivity contribution in [2.45, 2.75) is 32.2 Å². The molecule has 0 radical (unpaired) electrons. The molecule has 226 valence electrons. The van der Waals surface area contributed by atoms with Crippen molar-refractivity contribution < 1.29 is 29.0 Å². The zero-order valence-electron chi connectivity index (χ0n) is 24.0. The number of nitrogens with one attached hydrogen (secondary N) is 1. The average molecular weight is 590 g/mol. The van der Waals surface area contributed by atoms with E-state index in [-0.39, 0.29) is 43.0 Å². The summed E-state index contributed by atoms with van der Waals surface area (Å²) in [5.74, 6) is -1.26. The van der Waals surface area contributed by atoms with Crippen LogP contribution in [0.3, 0.4) is 0 Å². The van der Waals surface area contributed by atoms with Gasteiger partial charge < -0.3 is 29.9 Å². The monoisotopic (exact) mass is 589 g/mol. The van der Waals surface area contributed by atoms with E-state index in [9.17, 15) is 29.5 Å². The molecule has 5 rings (SSSR count). The number of nitriles is 1. The number of piperidine rings is 1. The van der Waals surface area contributed by atoms with Crippen molar-refractivity contribution in [2.75, 3.05) is 50.8 Å². The molecule has 1 aromatic heterocycles. The first-order valence-electron chi connectivity index (χ1n) is 14.6. The molecule has 1 aromatic carbocycles. The van der Waals surface area contributed by atoms with E-state index in [1.165, 1.54) is 4.90 Å². The maximum Gasteiger partial charge on any atom is 0.409 e. The summed E-state index contributed by atoms with van der Waals surface area (Å²) in [6.07, 6.45) is 1.05. The topological polar surface area (TPSA) is 169 Å². The molecule has 1 saturated carbocycles. The molecule has 3 aliphatic rings. The molecular weight excluding hydrogens is 554 g/mol. The molecule has 2 saturated heterocycles. The van der Waals surface area contributed by atoms with Crippen LogP contribution in [0, 0.1) is 29.1 Å². The number of carbonyl (C=O) groups is 4. The Balaban J connectivity index is 1.28. The SMILES string of the molecule is CCCCOC(=O)N1CCN(C(=O)[C@H](CC#N)NC(=O)c2cc(N3CC4C(C3)C4C(=O)O)nc(-c3ccccc3)n2)CC1. The Morgan fingerprint density at radius 3 is 2.37 bits per heavy atom. The Morgan fingerprint density at radius 2 is 1.74 bits per heavy atom. The van der Waals surface area contributed by atoms with Gasteiger partial charge in [-0.05, 0) is 18.3 Å². The van der Waals surface area contributed by atoms with Crippen molar-refractivity contribution in [1.82, 2.24) is 25.1 Å². The lowest BCUT2D eigenvalue weighted by molar-refractivity contribution is -0.139. The number of carboxylic acids is 1. The molecule has 2 N–H and O–H groups in total. The van der Waals surface area contributed by atoms with Crippen molar-refractivity contribution >= 4 is 29.7 Å². The van der Waals surface area contributed by atoms with Crippen molar-refractivity contribution in [2.24, 2.45) is 17.8 Å². The Bertz CT molecular complexity index is 1390. The highest BCUT2D eigenvalue weighted by Gasteiger charge is 2.60. The highest BCUT2D eigenvalue weighted by molar-refractivity contribution is 5.97. The minimum Gasteiger partial charge on any atom is -0.481 e. The minimum absolute atomic E-state index is 0.0367. The Morgan fingerprint density at radius 1 is 1.07 bits per heavy atom. The summed E-state index contributed by atoms with van der Waals surface area (Å²) in [5.41, 5.74) is 0.733. The van der Waals surface area contributed by atoms with Gasteiger partial charge in [0.05, 0.1) is 25.0 Å². The number of benzene rings is 1. The number of nitrogens with zero attached hydrogens (tertiary/aromatic N) is 6. The number of amides is 3. The second-order valence-electron chi connectivity index (χ2n) is 11.1. The molecule has 0 spiro atoms.